The lowest BCUT2D eigenvalue weighted by molar-refractivity contribution is 0.575. The molecule has 0 aromatic carbocycles. The lowest BCUT2D eigenvalue weighted by Crippen LogP contribution is -2.19. The maximum Gasteiger partial charge on any atom is 0.0302 e. The maximum atomic E-state index is 5.69. The van der Waals surface area contributed by atoms with Crippen molar-refractivity contribution in [1.29, 1.82) is 0 Å². The molecule has 0 aliphatic rings. The maximum absolute atomic E-state index is 5.69. The predicted molar refractivity (Wildman–Crippen MR) is 68.3 cm³/mol. The fourth-order valence-electron chi connectivity index (χ4n) is 1.59. The first-order valence-electron chi connectivity index (χ1n) is 5.75. The van der Waals surface area contributed by atoms with Crippen molar-refractivity contribution in [3.05, 3.63) is 21.9 Å². The number of thiophene rings is 1. The molecule has 0 saturated carbocycles. The van der Waals surface area contributed by atoms with Gasteiger partial charge in [0.05, 0.1) is 0 Å². The number of nitrogens with one attached hydrogen (secondary N) is 1. The van der Waals surface area contributed by atoms with Crippen molar-refractivity contribution in [3.8, 4) is 0 Å². The summed E-state index contributed by atoms with van der Waals surface area (Å²) in [6.07, 6.45) is 3.42. The van der Waals surface area contributed by atoms with Gasteiger partial charge >= 0.3 is 0 Å². The monoisotopic (exact) mass is 226 g/mol. The Kier molecular flexibility index (Phi) is 5.91. The van der Waals surface area contributed by atoms with Crippen molar-refractivity contribution in [2.45, 2.75) is 45.7 Å². The first kappa shape index (κ1) is 12.7. The molecular formula is C12H22N2S. The highest BCUT2D eigenvalue weighted by Crippen LogP contribution is 2.16. The van der Waals surface area contributed by atoms with E-state index in [0.717, 1.165) is 25.9 Å². The molecule has 0 fully saturated rings. The fraction of sp³-hybridized carbons (Fsp3) is 0.667. The molecule has 1 heterocycles. The lowest BCUT2D eigenvalue weighted by atomic mass is 10.2. The minimum Gasteiger partial charge on any atom is -0.328 e. The van der Waals surface area contributed by atoms with Crippen LogP contribution in [0.3, 0.4) is 0 Å². The third kappa shape index (κ3) is 4.78. The van der Waals surface area contributed by atoms with Gasteiger partial charge in [-0.25, -0.2) is 0 Å². The van der Waals surface area contributed by atoms with Crippen molar-refractivity contribution < 1.29 is 0 Å². The summed E-state index contributed by atoms with van der Waals surface area (Å²) in [5, 5.41) is 5.65. The topological polar surface area (TPSA) is 38.0 Å². The molecular weight excluding hydrogens is 204 g/mol. The highest BCUT2D eigenvalue weighted by Gasteiger charge is 2.01. The van der Waals surface area contributed by atoms with Gasteiger partial charge in [-0.2, -0.15) is 0 Å². The van der Waals surface area contributed by atoms with Crippen LogP contribution in [0.15, 0.2) is 11.4 Å². The molecule has 0 radical (unpaired) electrons. The molecule has 15 heavy (non-hydrogen) atoms. The molecule has 1 atom stereocenters. The Hall–Kier alpha value is -0.380. The smallest absolute Gasteiger partial charge is 0.0302 e. The average Bonchev–Trinajstić information content (AvgIpc) is 2.64. The Morgan fingerprint density at radius 3 is 3.00 bits per heavy atom. The summed E-state index contributed by atoms with van der Waals surface area (Å²) in [5.41, 5.74) is 7.17. The first-order chi connectivity index (χ1) is 7.24. The summed E-state index contributed by atoms with van der Waals surface area (Å²) in [6.45, 7) is 6.36. The van der Waals surface area contributed by atoms with Crippen LogP contribution in [0.5, 0.6) is 0 Å². The fourth-order valence-corrected chi connectivity index (χ4v) is 2.53. The molecule has 0 aliphatic carbocycles. The molecule has 1 aromatic rings. The third-order valence-electron chi connectivity index (χ3n) is 2.52. The highest BCUT2D eigenvalue weighted by molar-refractivity contribution is 7.10. The molecule has 2 nitrogen and oxygen atoms in total. The van der Waals surface area contributed by atoms with E-state index in [2.05, 4.69) is 30.6 Å². The van der Waals surface area contributed by atoms with Gasteiger partial charge in [0.25, 0.3) is 0 Å². The van der Waals surface area contributed by atoms with Crippen LogP contribution >= 0.6 is 11.3 Å². The molecule has 1 aromatic heterocycles. The summed E-state index contributed by atoms with van der Waals surface area (Å²) >= 11 is 1.85. The molecule has 0 spiro atoms. The summed E-state index contributed by atoms with van der Waals surface area (Å²) < 4.78 is 0. The minimum atomic E-state index is 0.333. The van der Waals surface area contributed by atoms with E-state index in [4.69, 9.17) is 5.73 Å². The Labute approximate surface area is 96.9 Å². The van der Waals surface area contributed by atoms with Crippen LogP contribution in [0.4, 0.5) is 0 Å². The normalized spacial score (nSPS) is 13.0. The van der Waals surface area contributed by atoms with Gasteiger partial charge in [0.1, 0.15) is 0 Å². The Morgan fingerprint density at radius 2 is 2.33 bits per heavy atom. The van der Waals surface area contributed by atoms with Gasteiger partial charge in [-0.3, -0.25) is 0 Å². The van der Waals surface area contributed by atoms with Crippen molar-refractivity contribution in [3.63, 3.8) is 0 Å². The van der Waals surface area contributed by atoms with Gasteiger partial charge in [0.2, 0.25) is 0 Å². The lowest BCUT2D eigenvalue weighted by Gasteiger charge is -2.06. The molecule has 0 bridgehead atoms. The third-order valence-corrected chi connectivity index (χ3v) is 3.48. The zero-order valence-corrected chi connectivity index (χ0v) is 10.6. The van der Waals surface area contributed by atoms with E-state index in [0.29, 0.717) is 6.04 Å². The molecule has 86 valence electrons. The van der Waals surface area contributed by atoms with Crippen LogP contribution in [0.2, 0.25) is 0 Å². The molecule has 0 amide bonds. The molecule has 0 aliphatic heterocycles. The van der Waals surface area contributed by atoms with Gasteiger partial charge in [-0.15, -0.1) is 11.3 Å². The largest absolute Gasteiger partial charge is 0.328 e. The number of rotatable bonds is 7. The second-order valence-corrected chi connectivity index (χ2v) is 5.02. The van der Waals surface area contributed by atoms with Crippen molar-refractivity contribution in [2.24, 2.45) is 5.73 Å². The zero-order valence-electron chi connectivity index (χ0n) is 9.75. The van der Waals surface area contributed by atoms with E-state index < -0.39 is 0 Å². The number of aryl methyl sites for hydroxylation is 1. The van der Waals surface area contributed by atoms with Crippen LogP contribution in [0.25, 0.3) is 0 Å². The van der Waals surface area contributed by atoms with E-state index in [-0.39, 0.29) is 0 Å². The minimum absolute atomic E-state index is 0.333. The standard InChI is InChI=1S/C12H22N2S/c1-3-11-6-8-15-12(11)9-14-7-4-5-10(2)13/h6,8,10,14H,3-5,7,9,13H2,1-2H3. The Bertz CT molecular complexity index is 268. The molecule has 0 saturated heterocycles. The molecule has 3 N–H and O–H groups in total. The number of hydrogen-bond donors (Lipinski definition) is 2. The van der Waals surface area contributed by atoms with Crippen molar-refractivity contribution in [1.82, 2.24) is 5.32 Å². The van der Waals surface area contributed by atoms with Gasteiger partial charge < -0.3 is 11.1 Å². The predicted octanol–water partition coefficient (Wildman–Crippen LogP) is 2.53. The van der Waals surface area contributed by atoms with Gasteiger partial charge in [0.15, 0.2) is 0 Å². The van der Waals surface area contributed by atoms with Crippen LogP contribution in [-0.4, -0.2) is 12.6 Å². The second kappa shape index (κ2) is 6.99. The molecule has 1 unspecified atom stereocenters. The van der Waals surface area contributed by atoms with Gasteiger partial charge in [-0.05, 0) is 49.7 Å². The number of nitrogens with two attached hydrogens (primary N) is 1. The summed E-state index contributed by atoms with van der Waals surface area (Å²) in [5.74, 6) is 0. The van der Waals surface area contributed by atoms with Gasteiger partial charge in [0, 0.05) is 17.5 Å². The van der Waals surface area contributed by atoms with E-state index >= 15 is 0 Å². The Balaban J connectivity index is 2.15. The number of hydrogen-bond acceptors (Lipinski definition) is 3. The summed E-state index contributed by atoms with van der Waals surface area (Å²) in [6, 6.07) is 2.56. The van der Waals surface area contributed by atoms with Crippen LogP contribution in [0.1, 0.15) is 37.1 Å². The summed E-state index contributed by atoms with van der Waals surface area (Å²) in [7, 11) is 0. The van der Waals surface area contributed by atoms with E-state index in [9.17, 15) is 0 Å². The quantitative estimate of drug-likeness (QED) is 0.701. The first-order valence-corrected chi connectivity index (χ1v) is 6.63. The van der Waals surface area contributed by atoms with E-state index in [1.807, 2.05) is 11.3 Å². The molecule has 1 rings (SSSR count). The molecule has 3 heteroatoms. The summed E-state index contributed by atoms with van der Waals surface area (Å²) in [4.78, 5) is 1.48. The van der Waals surface area contributed by atoms with E-state index in [1.54, 1.807) is 0 Å². The van der Waals surface area contributed by atoms with Crippen LogP contribution in [-0.2, 0) is 13.0 Å². The average molecular weight is 226 g/mol. The van der Waals surface area contributed by atoms with Crippen LogP contribution < -0.4 is 11.1 Å². The van der Waals surface area contributed by atoms with Gasteiger partial charge in [-0.1, -0.05) is 6.92 Å². The SMILES string of the molecule is CCc1ccsc1CNCCCC(C)N. The van der Waals surface area contributed by atoms with Crippen molar-refractivity contribution >= 4 is 11.3 Å². The zero-order chi connectivity index (χ0) is 11.1. The second-order valence-electron chi connectivity index (χ2n) is 4.02. The van der Waals surface area contributed by atoms with Crippen molar-refractivity contribution in [2.75, 3.05) is 6.54 Å². The van der Waals surface area contributed by atoms with Crippen LogP contribution in [0, 0.1) is 0 Å². The highest BCUT2D eigenvalue weighted by atomic mass is 32.1. The van der Waals surface area contributed by atoms with E-state index in [1.165, 1.54) is 16.9 Å². The Morgan fingerprint density at radius 1 is 1.53 bits per heavy atom.